The Morgan fingerprint density at radius 3 is 2.22 bits per heavy atom. The Morgan fingerprint density at radius 1 is 1.11 bits per heavy atom. The number of nitrogens with zero attached hydrogens (tertiary/aromatic N) is 7. The fraction of sp³-hybridized carbons (Fsp3) is 0.333. The van der Waals surface area contributed by atoms with Crippen LogP contribution in [0.25, 0.3) is 0 Å². The Balaban J connectivity index is 2.34. The number of nitro groups is 1. The first-order chi connectivity index (χ1) is 8.47. The molecule has 9 nitrogen and oxygen atoms in total. The fourth-order valence-corrected chi connectivity index (χ4v) is 1.45. The van der Waals surface area contributed by atoms with Crippen molar-refractivity contribution in [2.75, 3.05) is 0 Å². The molecule has 0 spiro atoms. The minimum absolute atomic E-state index is 0.238. The van der Waals surface area contributed by atoms with Crippen LogP contribution in [0.4, 0.5) is 5.82 Å². The molecular weight excluding hydrogens is 238 g/mol. The Hall–Kier alpha value is -2.58. The van der Waals surface area contributed by atoms with Gasteiger partial charge in [-0.3, -0.25) is 0 Å². The molecule has 0 atom stereocenters. The summed E-state index contributed by atoms with van der Waals surface area (Å²) >= 11 is 0. The van der Waals surface area contributed by atoms with Crippen LogP contribution in [-0.2, 0) is 0 Å². The highest BCUT2D eigenvalue weighted by molar-refractivity contribution is 5.21. The Morgan fingerprint density at radius 2 is 1.67 bits per heavy atom. The quantitative estimate of drug-likeness (QED) is 0.468. The molecule has 0 fully saturated rings. The van der Waals surface area contributed by atoms with Gasteiger partial charge in [0.1, 0.15) is 0 Å². The summed E-state index contributed by atoms with van der Waals surface area (Å²) in [5, 5.41) is 26.1. The van der Waals surface area contributed by atoms with Gasteiger partial charge in [-0.1, -0.05) is 5.10 Å². The molecular formula is C9H11N7O2. The molecule has 0 N–H and O–H groups in total. The van der Waals surface area contributed by atoms with Gasteiger partial charge >= 0.3 is 5.82 Å². The van der Waals surface area contributed by atoms with E-state index in [1.165, 1.54) is 10.9 Å². The van der Waals surface area contributed by atoms with E-state index in [0.29, 0.717) is 5.69 Å². The minimum Gasteiger partial charge on any atom is -0.358 e. The lowest BCUT2D eigenvalue weighted by molar-refractivity contribution is -0.392. The first-order valence-electron chi connectivity index (χ1n) is 5.14. The molecule has 9 heteroatoms. The lowest BCUT2D eigenvalue weighted by Gasteiger charge is -1.92. The molecule has 18 heavy (non-hydrogen) atoms. The third kappa shape index (κ3) is 2.24. The van der Waals surface area contributed by atoms with Crippen molar-refractivity contribution in [2.24, 2.45) is 10.4 Å². The van der Waals surface area contributed by atoms with Crippen LogP contribution in [0.15, 0.2) is 22.6 Å². The van der Waals surface area contributed by atoms with Gasteiger partial charge < -0.3 is 10.1 Å². The zero-order valence-corrected chi connectivity index (χ0v) is 10.1. The summed E-state index contributed by atoms with van der Waals surface area (Å²) < 4.78 is 0. The average molecular weight is 249 g/mol. The molecule has 0 saturated carbocycles. The summed E-state index contributed by atoms with van der Waals surface area (Å²) in [5.41, 5.74) is 2.06. The molecule has 0 aliphatic heterocycles. The van der Waals surface area contributed by atoms with E-state index in [1.807, 2.05) is 19.9 Å². The monoisotopic (exact) mass is 249 g/mol. The third-order valence-corrected chi connectivity index (χ3v) is 2.18. The van der Waals surface area contributed by atoms with Crippen LogP contribution in [-0.4, -0.2) is 24.7 Å². The average Bonchev–Trinajstić information content (AvgIpc) is 2.79. The Kier molecular flexibility index (Phi) is 2.88. The topological polar surface area (TPSA) is 104 Å². The van der Waals surface area contributed by atoms with Crippen LogP contribution in [0.5, 0.6) is 0 Å². The van der Waals surface area contributed by atoms with Crippen LogP contribution in [0, 0.1) is 30.9 Å². The van der Waals surface area contributed by atoms with E-state index < -0.39 is 4.92 Å². The maximum atomic E-state index is 10.7. The standard InChI is InChI=1S/C9H11N7O2/c1-6-4-8(3)14(10-6)12-13-15-9(16(17)18)5-7(2)11-15/h4-5H,1-3H3/b13-12+. The second-order valence-corrected chi connectivity index (χ2v) is 3.79. The van der Waals surface area contributed by atoms with Gasteiger partial charge in [0.2, 0.25) is 0 Å². The number of hydrogen-bond donors (Lipinski definition) is 0. The van der Waals surface area contributed by atoms with Gasteiger partial charge in [-0.25, -0.2) is 0 Å². The smallest absolute Gasteiger partial charge is 0.358 e. The van der Waals surface area contributed by atoms with Crippen molar-refractivity contribution in [1.82, 2.24) is 19.8 Å². The number of aromatic nitrogens is 4. The van der Waals surface area contributed by atoms with E-state index >= 15 is 0 Å². The summed E-state index contributed by atoms with van der Waals surface area (Å²) in [7, 11) is 0. The van der Waals surface area contributed by atoms with E-state index in [9.17, 15) is 10.1 Å². The highest BCUT2D eigenvalue weighted by atomic mass is 16.6. The highest BCUT2D eigenvalue weighted by Crippen LogP contribution is 2.13. The Bertz CT molecular complexity index is 625. The second-order valence-electron chi connectivity index (χ2n) is 3.79. The molecule has 2 aromatic rings. The number of hydrogen-bond acceptors (Lipinski definition) is 6. The first kappa shape index (κ1) is 11.9. The summed E-state index contributed by atoms with van der Waals surface area (Å²) in [5.74, 6) is -0.238. The molecule has 2 aromatic heterocycles. The molecule has 94 valence electrons. The predicted molar refractivity (Wildman–Crippen MR) is 61.0 cm³/mol. The predicted octanol–water partition coefficient (Wildman–Crippen LogP) is 1.59. The molecule has 0 unspecified atom stereocenters. The zero-order valence-electron chi connectivity index (χ0n) is 10.1. The number of aryl methyl sites for hydroxylation is 3. The molecule has 0 bridgehead atoms. The molecule has 0 radical (unpaired) electrons. The van der Waals surface area contributed by atoms with Gasteiger partial charge in [0.25, 0.3) is 0 Å². The molecule has 2 heterocycles. The van der Waals surface area contributed by atoms with Crippen molar-refractivity contribution < 1.29 is 4.92 Å². The van der Waals surface area contributed by atoms with E-state index in [0.717, 1.165) is 16.2 Å². The summed E-state index contributed by atoms with van der Waals surface area (Å²) in [6.07, 6.45) is 0. The summed E-state index contributed by atoms with van der Waals surface area (Å²) in [4.78, 5) is 12.3. The van der Waals surface area contributed by atoms with Gasteiger partial charge in [0.05, 0.1) is 28.4 Å². The van der Waals surface area contributed by atoms with Crippen molar-refractivity contribution in [3.8, 4) is 0 Å². The van der Waals surface area contributed by atoms with Crippen LogP contribution in [0.3, 0.4) is 0 Å². The van der Waals surface area contributed by atoms with E-state index in [2.05, 4.69) is 20.6 Å². The van der Waals surface area contributed by atoms with Gasteiger partial charge in [0.15, 0.2) is 0 Å². The molecule has 0 aliphatic carbocycles. The van der Waals surface area contributed by atoms with Crippen LogP contribution in [0.2, 0.25) is 0 Å². The lowest BCUT2D eigenvalue weighted by Crippen LogP contribution is -2.00. The van der Waals surface area contributed by atoms with Gasteiger partial charge in [-0.05, 0) is 37.0 Å². The maximum absolute atomic E-state index is 10.7. The fourth-order valence-electron chi connectivity index (χ4n) is 1.45. The largest absolute Gasteiger partial charge is 0.373 e. The van der Waals surface area contributed by atoms with Crippen LogP contribution in [0.1, 0.15) is 17.1 Å². The maximum Gasteiger partial charge on any atom is 0.373 e. The van der Waals surface area contributed by atoms with Crippen molar-refractivity contribution in [3.63, 3.8) is 0 Å². The van der Waals surface area contributed by atoms with Crippen molar-refractivity contribution in [3.05, 3.63) is 39.3 Å². The summed E-state index contributed by atoms with van der Waals surface area (Å²) in [6, 6.07) is 3.14. The highest BCUT2D eigenvalue weighted by Gasteiger charge is 2.16. The third-order valence-electron chi connectivity index (χ3n) is 2.18. The second kappa shape index (κ2) is 4.35. The van der Waals surface area contributed by atoms with Crippen LogP contribution < -0.4 is 0 Å². The van der Waals surface area contributed by atoms with Gasteiger partial charge in [-0.15, -0.1) is 4.79 Å². The van der Waals surface area contributed by atoms with Gasteiger partial charge in [-0.2, -0.15) is 5.10 Å². The van der Waals surface area contributed by atoms with Gasteiger partial charge in [0, 0.05) is 4.79 Å². The summed E-state index contributed by atoms with van der Waals surface area (Å²) in [6.45, 7) is 5.27. The minimum atomic E-state index is -0.569. The molecule has 0 saturated heterocycles. The Labute approximate surface area is 102 Å². The first-order valence-corrected chi connectivity index (χ1v) is 5.14. The SMILES string of the molecule is Cc1cc(C)n(/N=N/n2nc(C)cc2[N+](=O)[O-])n1. The van der Waals surface area contributed by atoms with E-state index in [-0.39, 0.29) is 5.82 Å². The van der Waals surface area contributed by atoms with Crippen molar-refractivity contribution in [1.29, 1.82) is 0 Å². The normalized spacial score (nSPS) is 11.3. The molecule has 2 rings (SSSR count). The van der Waals surface area contributed by atoms with E-state index in [1.54, 1.807) is 6.92 Å². The zero-order chi connectivity index (χ0) is 13.3. The van der Waals surface area contributed by atoms with Crippen molar-refractivity contribution in [2.45, 2.75) is 20.8 Å². The van der Waals surface area contributed by atoms with E-state index in [4.69, 9.17) is 0 Å². The lowest BCUT2D eigenvalue weighted by atomic mass is 10.4. The van der Waals surface area contributed by atoms with Crippen LogP contribution >= 0.6 is 0 Å². The molecule has 0 aliphatic rings. The van der Waals surface area contributed by atoms with Crippen molar-refractivity contribution >= 4 is 5.82 Å². The molecule has 0 aromatic carbocycles. The number of rotatable bonds is 3. The molecule has 0 amide bonds.